The number of piperidine rings is 1. The van der Waals surface area contributed by atoms with Crippen LogP contribution < -0.4 is 10.6 Å². The first-order valence-corrected chi connectivity index (χ1v) is 7.09. The lowest BCUT2D eigenvalue weighted by atomic mass is 10.1. The Morgan fingerprint density at radius 3 is 2.67 bits per heavy atom. The number of aromatic nitrogens is 1. The molecular weight excluding hydrogens is 272 g/mol. The van der Waals surface area contributed by atoms with E-state index < -0.39 is 18.7 Å². The third-order valence-electron chi connectivity index (χ3n) is 3.36. The maximum atomic E-state index is 12.2. The van der Waals surface area contributed by atoms with Gasteiger partial charge in [0.1, 0.15) is 11.9 Å². The molecule has 1 aliphatic rings. The molecule has 1 atom stereocenters. The van der Waals surface area contributed by atoms with Crippen molar-refractivity contribution in [2.45, 2.75) is 25.3 Å². The third kappa shape index (κ3) is 4.42. The van der Waals surface area contributed by atoms with Crippen molar-refractivity contribution >= 4 is 17.8 Å². The maximum Gasteiger partial charge on any atom is 0.321 e. The Morgan fingerprint density at radius 1 is 1.29 bits per heavy atom. The van der Waals surface area contributed by atoms with Crippen LogP contribution in [0.5, 0.6) is 0 Å². The van der Waals surface area contributed by atoms with Gasteiger partial charge in [-0.3, -0.25) is 10.1 Å². The van der Waals surface area contributed by atoms with Crippen LogP contribution in [0.1, 0.15) is 19.3 Å². The minimum Gasteiger partial charge on any atom is -0.394 e. The van der Waals surface area contributed by atoms with Gasteiger partial charge >= 0.3 is 6.03 Å². The van der Waals surface area contributed by atoms with Crippen molar-refractivity contribution < 1.29 is 14.7 Å². The number of aliphatic hydroxyl groups excluding tert-OH is 1. The molecule has 3 N–H and O–H groups in total. The second-order valence-electron chi connectivity index (χ2n) is 4.93. The highest BCUT2D eigenvalue weighted by Crippen LogP contribution is 2.10. The molecule has 0 bridgehead atoms. The van der Waals surface area contributed by atoms with Gasteiger partial charge in [0.25, 0.3) is 0 Å². The van der Waals surface area contributed by atoms with Crippen LogP contribution in [0.15, 0.2) is 24.4 Å². The lowest BCUT2D eigenvalue weighted by Gasteiger charge is -2.30. The molecule has 2 heterocycles. The number of hydrogen-bond acceptors (Lipinski definition) is 4. The van der Waals surface area contributed by atoms with Crippen LogP contribution in [0.3, 0.4) is 0 Å². The molecule has 0 unspecified atom stereocenters. The Kier molecular flexibility index (Phi) is 5.51. The van der Waals surface area contributed by atoms with Crippen LogP contribution in [-0.2, 0) is 4.79 Å². The number of nitrogens with one attached hydrogen (secondary N) is 2. The molecule has 1 aromatic heterocycles. The summed E-state index contributed by atoms with van der Waals surface area (Å²) in [4.78, 5) is 29.7. The van der Waals surface area contributed by atoms with Gasteiger partial charge in [0.05, 0.1) is 6.61 Å². The van der Waals surface area contributed by atoms with E-state index in [2.05, 4.69) is 15.6 Å². The van der Waals surface area contributed by atoms with Crippen LogP contribution in [0, 0.1) is 0 Å². The Hall–Kier alpha value is -2.15. The maximum absolute atomic E-state index is 12.2. The number of rotatable bonds is 4. The van der Waals surface area contributed by atoms with Crippen LogP contribution in [-0.4, -0.2) is 52.7 Å². The number of carbonyl (C=O) groups is 2. The van der Waals surface area contributed by atoms with Gasteiger partial charge in [0.2, 0.25) is 5.91 Å². The second kappa shape index (κ2) is 7.58. The highest BCUT2D eigenvalue weighted by molar-refractivity contribution is 5.93. The Balaban J connectivity index is 1.88. The quantitative estimate of drug-likeness (QED) is 0.756. The summed E-state index contributed by atoms with van der Waals surface area (Å²) in [6.07, 6.45) is 4.59. The fourth-order valence-corrected chi connectivity index (χ4v) is 2.27. The molecule has 1 saturated heterocycles. The first-order valence-electron chi connectivity index (χ1n) is 7.09. The lowest BCUT2D eigenvalue weighted by Crippen LogP contribution is -2.52. The Labute approximate surface area is 123 Å². The van der Waals surface area contributed by atoms with E-state index in [-0.39, 0.29) is 5.91 Å². The molecule has 0 aliphatic carbocycles. The fourth-order valence-electron chi connectivity index (χ4n) is 2.27. The highest BCUT2D eigenvalue weighted by atomic mass is 16.3. The molecule has 1 aromatic rings. The summed E-state index contributed by atoms with van der Waals surface area (Å²) in [5.74, 6) is 0.144. The van der Waals surface area contributed by atoms with E-state index in [0.717, 1.165) is 19.3 Å². The van der Waals surface area contributed by atoms with Gasteiger partial charge in [-0.15, -0.1) is 0 Å². The number of urea groups is 1. The van der Waals surface area contributed by atoms with Gasteiger partial charge in [0, 0.05) is 19.3 Å². The van der Waals surface area contributed by atoms with Gasteiger partial charge in [-0.1, -0.05) is 6.07 Å². The second-order valence-corrected chi connectivity index (χ2v) is 4.93. The van der Waals surface area contributed by atoms with Crippen molar-refractivity contribution in [2.24, 2.45) is 0 Å². The zero-order chi connectivity index (χ0) is 15.1. The van der Waals surface area contributed by atoms with Gasteiger partial charge in [0.15, 0.2) is 0 Å². The van der Waals surface area contributed by atoms with E-state index >= 15 is 0 Å². The SMILES string of the molecule is O=C(Nc1ccccn1)N[C@H](CO)C(=O)N1CCCCC1. The number of pyridine rings is 1. The van der Waals surface area contributed by atoms with Crippen molar-refractivity contribution in [3.05, 3.63) is 24.4 Å². The van der Waals surface area contributed by atoms with E-state index in [9.17, 15) is 14.7 Å². The Bertz CT molecular complexity index is 474. The van der Waals surface area contributed by atoms with Crippen LogP contribution in [0.25, 0.3) is 0 Å². The number of anilines is 1. The normalized spacial score (nSPS) is 16.1. The van der Waals surface area contributed by atoms with E-state index in [1.165, 1.54) is 0 Å². The predicted octanol–water partition coefficient (Wildman–Crippen LogP) is 0.576. The van der Waals surface area contributed by atoms with Crippen molar-refractivity contribution in [2.75, 3.05) is 25.0 Å². The zero-order valence-electron chi connectivity index (χ0n) is 11.8. The van der Waals surface area contributed by atoms with Crippen molar-refractivity contribution in [1.82, 2.24) is 15.2 Å². The molecule has 7 nitrogen and oxygen atoms in total. The summed E-state index contributed by atoms with van der Waals surface area (Å²) in [6, 6.07) is 3.63. The van der Waals surface area contributed by atoms with Gasteiger partial charge in [-0.2, -0.15) is 0 Å². The summed E-state index contributed by atoms with van der Waals surface area (Å²) in [6.45, 7) is 0.933. The number of aliphatic hydroxyl groups is 1. The summed E-state index contributed by atoms with van der Waals surface area (Å²) >= 11 is 0. The van der Waals surface area contributed by atoms with Crippen molar-refractivity contribution in [1.29, 1.82) is 0 Å². The minimum atomic E-state index is -0.924. The average Bonchev–Trinajstić information content (AvgIpc) is 2.53. The molecule has 3 amide bonds. The summed E-state index contributed by atoms with van der Waals surface area (Å²) < 4.78 is 0. The minimum absolute atomic E-state index is 0.242. The first-order chi connectivity index (χ1) is 10.2. The molecule has 2 rings (SSSR count). The molecule has 0 saturated carbocycles. The van der Waals surface area contributed by atoms with Gasteiger partial charge in [-0.05, 0) is 31.4 Å². The smallest absolute Gasteiger partial charge is 0.321 e. The van der Waals surface area contributed by atoms with E-state index in [0.29, 0.717) is 18.9 Å². The number of nitrogens with zero attached hydrogens (tertiary/aromatic N) is 2. The zero-order valence-corrected chi connectivity index (χ0v) is 11.8. The molecule has 0 aromatic carbocycles. The van der Waals surface area contributed by atoms with Crippen LogP contribution in [0.2, 0.25) is 0 Å². The number of carbonyl (C=O) groups excluding carboxylic acids is 2. The van der Waals surface area contributed by atoms with E-state index in [1.807, 2.05) is 0 Å². The van der Waals surface area contributed by atoms with Crippen molar-refractivity contribution in [3.8, 4) is 0 Å². The standard InChI is InChI=1S/C14H20N4O3/c19-10-11(13(20)18-8-4-1-5-9-18)16-14(21)17-12-6-2-3-7-15-12/h2-3,6-7,11,19H,1,4-5,8-10H2,(H2,15,16,17,21)/t11-/m1/s1. The number of likely N-dealkylation sites (tertiary alicyclic amines) is 1. The summed E-state index contributed by atoms with van der Waals surface area (Å²) in [7, 11) is 0. The fraction of sp³-hybridized carbons (Fsp3) is 0.500. The predicted molar refractivity (Wildman–Crippen MR) is 77.7 cm³/mol. The molecule has 1 fully saturated rings. The molecule has 0 spiro atoms. The van der Waals surface area contributed by atoms with Gasteiger partial charge < -0.3 is 15.3 Å². The molecule has 0 radical (unpaired) electrons. The highest BCUT2D eigenvalue weighted by Gasteiger charge is 2.26. The third-order valence-corrected chi connectivity index (χ3v) is 3.36. The molecule has 7 heteroatoms. The summed E-state index contributed by atoms with van der Waals surface area (Å²) in [5, 5.41) is 14.3. The average molecular weight is 292 g/mol. The molecular formula is C14H20N4O3. The molecule has 21 heavy (non-hydrogen) atoms. The van der Waals surface area contributed by atoms with E-state index in [1.54, 1.807) is 29.3 Å². The first kappa shape index (κ1) is 15.2. The number of hydrogen-bond donors (Lipinski definition) is 3. The molecule has 114 valence electrons. The monoisotopic (exact) mass is 292 g/mol. The topological polar surface area (TPSA) is 94.6 Å². The number of amides is 3. The van der Waals surface area contributed by atoms with E-state index in [4.69, 9.17) is 0 Å². The summed E-state index contributed by atoms with van der Waals surface area (Å²) in [5.41, 5.74) is 0. The van der Waals surface area contributed by atoms with Crippen molar-refractivity contribution in [3.63, 3.8) is 0 Å². The Morgan fingerprint density at radius 2 is 2.05 bits per heavy atom. The van der Waals surface area contributed by atoms with Gasteiger partial charge in [-0.25, -0.2) is 9.78 Å². The molecule has 1 aliphatic heterocycles. The van der Waals surface area contributed by atoms with Crippen LogP contribution in [0.4, 0.5) is 10.6 Å². The van der Waals surface area contributed by atoms with Crippen LogP contribution >= 0.6 is 0 Å². The largest absolute Gasteiger partial charge is 0.394 e. The lowest BCUT2D eigenvalue weighted by molar-refractivity contribution is -0.135.